The number of carbonyl (C=O) groups excluding carboxylic acids is 1. The van der Waals surface area contributed by atoms with Gasteiger partial charge in [-0.2, -0.15) is 11.8 Å². The van der Waals surface area contributed by atoms with Gasteiger partial charge in [0, 0.05) is 22.7 Å². The van der Waals surface area contributed by atoms with E-state index >= 15 is 0 Å². The van der Waals surface area contributed by atoms with Gasteiger partial charge in [-0.15, -0.1) is 0 Å². The van der Waals surface area contributed by atoms with Crippen LogP contribution in [0.1, 0.15) is 20.8 Å². The average Bonchev–Trinajstić information content (AvgIpc) is 2.42. The highest BCUT2D eigenvalue weighted by Gasteiger charge is 2.10. The van der Waals surface area contributed by atoms with E-state index in [1.54, 1.807) is 0 Å². The highest BCUT2D eigenvalue weighted by molar-refractivity contribution is 8.00. The number of nitrogens with one attached hydrogen (secondary N) is 2. The monoisotopic (exact) mass is 302 g/mol. The Morgan fingerprint density at radius 2 is 1.81 bits per heavy atom. The largest absolute Gasteiger partial charge is 0.337 e. The molecule has 3 nitrogen and oxygen atoms in total. The fourth-order valence-corrected chi connectivity index (χ4v) is 2.78. The van der Waals surface area contributed by atoms with Crippen molar-refractivity contribution in [2.24, 2.45) is 0 Å². The van der Waals surface area contributed by atoms with Crippen LogP contribution in [0.25, 0.3) is 10.8 Å². The molecule has 2 rings (SSSR count). The summed E-state index contributed by atoms with van der Waals surface area (Å²) in [5.74, 6) is 0.911. The van der Waals surface area contributed by atoms with Crippen LogP contribution < -0.4 is 10.6 Å². The van der Waals surface area contributed by atoms with Crippen molar-refractivity contribution in [3.8, 4) is 0 Å². The van der Waals surface area contributed by atoms with Gasteiger partial charge in [0.25, 0.3) is 0 Å². The first-order chi connectivity index (χ1) is 9.94. The molecule has 0 radical (unpaired) electrons. The smallest absolute Gasteiger partial charge is 0.319 e. The normalized spacial score (nSPS) is 11.4. The highest BCUT2D eigenvalue weighted by atomic mass is 32.2. The first kappa shape index (κ1) is 15.7. The zero-order valence-corrected chi connectivity index (χ0v) is 13.6. The van der Waals surface area contributed by atoms with Gasteiger partial charge in [-0.3, -0.25) is 0 Å². The third-order valence-corrected chi connectivity index (χ3v) is 4.20. The van der Waals surface area contributed by atoms with Crippen LogP contribution in [0.15, 0.2) is 42.5 Å². The summed E-state index contributed by atoms with van der Waals surface area (Å²) >= 11 is 1.84. The van der Waals surface area contributed by atoms with Crippen LogP contribution in [0.4, 0.5) is 10.5 Å². The van der Waals surface area contributed by atoms with Crippen LogP contribution in [0.5, 0.6) is 0 Å². The molecule has 0 aliphatic heterocycles. The molecule has 0 saturated heterocycles. The number of fused-ring (bicyclic) bond motifs is 1. The molecule has 2 N–H and O–H groups in total. The fourth-order valence-electron chi connectivity index (χ4n) is 1.96. The van der Waals surface area contributed by atoms with Gasteiger partial charge in [-0.05, 0) is 22.9 Å². The SMILES string of the molecule is CC(C)(C)SCCNC(=O)Nc1ccc2ccccc2c1. The molecule has 0 fully saturated rings. The van der Waals surface area contributed by atoms with E-state index < -0.39 is 0 Å². The van der Waals surface area contributed by atoms with E-state index in [4.69, 9.17) is 0 Å². The van der Waals surface area contributed by atoms with Gasteiger partial charge in [0.15, 0.2) is 0 Å². The van der Waals surface area contributed by atoms with Crippen LogP contribution in [-0.4, -0.2) is 23.1 Å². The van der Waals surface area contributed by atoms with Crippen LogP contribution in [0, 0.1) is 0 Å². The molecule has 112 valence electrons. The second-order valence-electron chi connectivity index (χ2n) is 5.90. The van der Waals surface area contributed by atoms with Crippen molar-refractivity contribution in [3.05, 3.63) is 42.5 Å². The first-order valence-electron chi connectivity index (χ1n) is 7.12. The third kappa shape index (κ3) is 5.31. The van der Waals surface area contributed by atoms with Crippen molar-refractivity contribution < 1.29 is 4.79 Å². The minimum atomic E-state index is -0.153. The predicted octanol–water partition coefficient (Wildman–Crippen LogP) is 4.49. The Hall–Kier alpha value is -1.68. The molecule has 21 heavy (non-hydrogen) atoms. The van der Waals surface area contributed by atoms with Gasteiger partial charge in [0.2, 0.25) is 0 Å². The van der Waals surface area contributed by atoms with Crippen LogP contribution in [0.2, 0.25) is 0 Å². The number of carbonyl (C=O) groups is 1. The van der Waals surface area contributed by atoms with E-state index in [2.05, 4.69) is 37.5 Å². The zero-order chi connectivity index (χ0) is 15.3. The lowest BCUT2D eigenvalue weighted by Crippen LogP contribution is -2.31. The number of amides is 2. The number of urea groups is 1. The van der Waals surface area contributed by atoms with E-state index in [0.29, 0.717) is 6.54 Å². The highest BCUT2D eigenvalue weighted by Crippen LogP contribution is 2.22. The topological polar surface area (TPSA) is 41.1 Å². The van der Waals surface area contributed by atoms with Gasteiger partial charge >= 0.3 is 6.03 Å². The maximum Gasteiger partial charge on any atom is 0.319 e. The Morgan fingerprint density at radius 1 is 1.10 bits per heavy atom. The van der Waals surface area contributed by atoms with E-state index in [1.807, 2.05) is 48.2 Å². The molecule has 2 aromatic carbocycles. The Labute approximate surface area is 130 Å². The number of anilines is 1. The number of hydrogen-bond donors (Lipinski definition) is 2. The lowest BCUT2D eigenvalue weighted by atomic mass is 10.1. The van der Waals surface area contributed by atoms with Crippen molar-refractivity contribution in [1.29, 1.82) is 0 Å². The molecule has 0 unspecified atom stereocenters. The summed E-state index contributed by atoms with van der Waals surface area (Å²) in [6.07, 6.45) is 0. The zero-order valence-electron chi connectivity index (χ0n) is 12.8. The minimum Gasteiger partial charge on any atom is -0.337 e. The number of benzene rings is 2. The van der Waals surface area contributed by atoms with E-state index in [1.165, 1.54) is 5.39 Å². The Kier molecular flexibility index (Phi) is 5.12. The summed E-state index contributed by atoms with van der Waals surface area (Å²) in [5.41, 5.74) is 0.815. The molecule has 0 aliphatic carbocycles. The molecular formula is C17H22N2OS. The van der Waals surface area contributed by atoms with Gasteiger partial charge in [-0.1, -0.05) is 51.1 Å². The van der Waals surface area contributed by atoms with Crippen LogP contribution in [0.3, 0.4) is 0 Å². The summed E-state index contributed by atoms with van der Waals surface area (Å²) in [5, 5.41) is 8.05. The van der Waals surface area contributed by atoms with Gasteiger partial charge in [0.05, 0.1) is 0 Å². The molecule has 0 saturated carbocycles. The van der Waals surface area contributed by atoms with E-state index in [-0.39, 0.29) is 10.8 Å². The standard InChI is InChI=1S/C17H22N2OS/c1-17(2,3)21-11-10-18-16(20)19-15-9-8-13-6-4-5-7-14(13)12-15/h4-9,12H,10-11H2,1-3H3,(H2,18,19,20). The molecule has 0 aliphatic rings. The van der Waals surface area contributed by atoms with Crippen molar-refractivity contribution in [3.63, 3.8) is 0 Å². The molecule has 0 heterocycles. The second-order valence-corrected chi connectivity index (χ2v) is 7.83. The summed E-state index contributed by atoms with van der Waals surface area (Å²) < 4.78 is 0.233. The molecular weight excluding hydrogens is 280 g/mol. The Bertz CT molecular complexity index is 619. The third-order valence-electron chi connectivity index (χ3n) is 2.93. The molecule has 4 heteroatoms. The van der Waals surface area contributed by atoms with E-state index in [9.17, 15) is 4.79 Å². The van der Waals surface area contributed by atoms with Gasteiger partial charge < -0.3 is 10.6 Å². The number of rotatable bonds is 4. The first-order valence-corrected chi connectivity index (χ1v) is 8.10. The van der Waals surface area contributed by atoms with Crippen LogP contribution >= 0.6 is 11.8 Å². The molecule has 2 aromatic rings. The lowest BCUT2D eigenvalue weighted by Gasteiger charge is -2.17. The van der Waals surface area contributed by atoms with Crippen molar-refractivity contribution in [2.45, 2.75) is 25.5 Å². The average molecular weight is 302 g/mol. The van der Waals surface area contributed by atoms with Gasteiger partial charge in [-0.25, -0.2) is 4.79 Å². The lowest BCUT2D eigenvalue weighted by molar-refractivity contribution is 0.252. The molecule has 2 amide bonds. The quantitative estimate of drug-likeness (QED) is 0.817. The maximum atomic E-state index is 11.8. The minimum absolute atomic E-state index is 0.153. The Morgan fingerprint density at radius 3 is 2.52 bits per heavy atom. The summed E-state index contributed by atoms with van der Waals surface area (Å²) in [4.78, 5) is 11.8. The molecule has 0 atom stereocenters. The second kappa shape index (κ2) is 6.85. The Balaban J connectivity index is 1.84. The fraction of sp³-hybridized carbons (Fsp3) is 0.353. The van der Waals surface area contributed by atoms with Crippen molar-refractivity contribution in [1.82, 2.24) is 5.32 Å². The maximum absolute atomic E-state index is 11.8. The van der Waals surface area contributed by atoms with Crippen molar-refractivity contribution in [2.75, 3.05) is 17.6 Å². The number of hydrogen-bond acceptors (Lipinski definition) is 2. The summed E-state index contributed by atoms with van der Waals surface area (Å²) in [6, 6.07) is 13.9. The summed E-state index contributed by atoms with van der Waals surface area (Å²) in [6.45, 7) is 7.19. The van der Waals surface area contributed by atoms with Gasteiger partial charge in [0.1, 0.15) is 0 Å². The van der Waals surface area contributed by atoms with E-state index in [0.717, 1.165) is 16.8 Å². The predicted molar refractivity (Wildman–Crippen MR) is 93.2 cm³/mol. The molecule has 0 bridgehead atoms. The summed E-state index contributed by atoms with van der Waals surface area (Å²) in [7, 11) is 0. The van der Waals surface area contributed by atoms with Crippen LogP contribution in [-0.2, 0) is 0 Å². The molecule has 0 spiro atoms. The molecule has 0 aromatic heterocycles. The van der Waals surface area contributed by atoms with Crippen molar-refractivity contribution >= 4 is 34.3 Å². The number of thioether (sulfide) groups is 1.